The molecule has 0 aliphatic heterocycles. The van der Waals surface area contributed by atoms with Gasteiger partial charge in [0, 0.05) is 18.1 Å². The van der Waals surface area contributed by atoms with Crippen LogP contribution in [-0.2, 0) is 6.42 Å². The standard InChI is InChI=1S/C13H13BrClN3/c14-12-8-16-9-17-13(12)18-11(7-15)6-10-4-2-1-3-5-10/h1-5,8-9,11H,6-7H2,(H,16,17,18). The molecule has 0 fully saturated rings. The highest BCUT2D eigenvalue weighted by Crippen LogP contribution is 2.19. The molecule has 1 aromatic carbocycles. The molecule has 2 aromatic rings. The number of alkyl halides is 1. The second-order valence-corrected chi connectivity index (χ2v) is 5.07. The summed E-state index contributed by atoms with van der Waals surface area (Å²) in [4.78, 5) is 8.11. The third-order valence-corrected chi connectivity index (χ3v) is 3.47. The lowest BCUT2D eigenvalue weighted by atomic mass is 10.1. The lowest BCUT2D eigenvalue weighted by molar-refractivity contribution is 0.789. The van der Waals surface area contributed by atoms with E-state index >= 15 is 0 Å². The Morgan fingerprint density at radius 3 is 2.72 bits per heavy atom. The maximum Gasteiger partial charge on any atom is 0.144 e. The highest BCUT2D eigenvalue weighted by Gasteiger charge is 2.10. The Morgan fingerprint density at radius 1 is 1.28 bits per heavy atom. The molecule has 0 aliphatic carbocycles. The summed E-state index contributed by atoms with van der Waals surface area (Å²) in [7, 11) is 0. The molecule has 94 valence electrons. The molecule has 1 unspecified atom stereocenters. The number of hydrogen-bond acceptors (Lipinski definition) is 3. The number of nitrogens with zero attached hydrogens (tertiary/aromatic N) is 2. The minimum absolute atomic E-state index is 0.139. The van der Waals surface area contributed by atoms with Gasteiger partial charge in [-0.3, -0.25) is 0 Å². The number of rotatable bonds is 5. The lowest BCUT2D eigenvalue weighted by Crippen LogP contribution is -2.24. The van der Waals surface area contributed by atoms with Crippen LogP contribution in [0.1, 0.15) is 5.56 Å². The Morgan fingerprint density at radius 2 is 2.06 bits per heavy atom. The maximum absolute atomic E-state index is 6.00. The molecule has 1 heterocycles. The molecule has 1 aromatic heterocycles. The van der Waals surface area contributed by atoms with Crippen molar-refractivity contribution in [2.24, 2.45) is 0 Å². The summed E-state index contributed by atoms with van der Waals surface area (Å²) in [5.74, 6) is 1.29. The van der Waals surface area contributed by atoms with Crippen LogP contribution in [0, 0.1) is 0 Å². The lowest BCUT2D eigenvalue weighted by Gasteiger charge is -2.17. The Labute approximate surface area is 120 Å². The Kier molecular flexibility index (Phi) is 4.96. The van der Waals surface area contributed by atoms with Crippen LogP contribution in [0.4, 0.5) is 5.82 Å². The van der Waals surface area contributed by atoms with Crippen LogP contribution in [0.3, 0.4) is 0 Å². The van der Waals surface area contributed by atoms with E-state index in [-0.39, 0.29) is 6.04 Å². The average Bonchev–Trinajstić information content (AvgIpc) is 2.41. The number of aromatic nitrogens is 2. The third kappa shape index (κ3) is 3.68. The van der Waals surface area contributed by atoms with E-state index in [9.17, 15) is 0 Å². The topological polar surface area (TPSA) is 37.8 Å². The fourth-order valence-electron chi connectivity index (χ4n) is 1.65. The van der Waals surface area contributed by atoms with Crippen LogP contribution in [0.2, 0.25) is 0 Å². The Bertz CT molecular complexity index is 493. The van der Waals surface area contributed by atoms with Gasteiger partial charge in [0.25, 0.3) is 0 Å². The molecular weight excluding hydrogens is 314 g/mol. The third-order valence-electron chi connectivity index (χ3n) is 2.52. The second-order valence-electron chi connectivity index (χ2n) is 3.90. The van der Waals surface area contributed by atoms with Gasteiger partial charge in [-0.25, -0.2) is 9.97 Å². The number of anilines is 1. The van der Waals surface area contributed by atoms with Crippen LogP contribution < -0.4 is 5.32 Å². The van der Waals surface area contributed by atoms with Gasteiger partial charge in [0.1, 0.15) is 12.1 Å². The van der Waals surface area contributed by atoms with Crippen molar-refractivity contribution in [2.45, 2.75) is 12.5 Å². The van der Waals surface area contributed by atoms with Crippen LogP contribution >= 0.6 is 27.5 Å². The number of hydrogen-bond donors (Lipinski definition) is 1. The smallest absolute Gasteiger partial charge is 0.144 e. The quantitative estimate of drug-likeness (QED) is 0.855. The van der Waals surface area contributed by atoms with Gasteiger partial charge in [-0.1, -0.05) is 30.3 Å². The van der Waals surface area contributed by atoms with E-state index in [1.165, 1.54) is 11.9 Å². The van der Waals surface area contributed by atoms with Crippen molar-refractivity contribution >= 4 is 33.3 Å². The molecule has 0 saturated heterocycles. The monoisotopic (exact) mass is 325 g/mol. The first-order valence-electron chi connectivity index (χ1n) is 5.61. The molecule has 18 heavy (non-hydrogen) atoms. The summed E-state index contributed by atoms with van der Waals surface area (Å²) in [6.07, 6.45) is 4.09. The summed E-state index contributed by atoms with van der Waals surface area (Å²) < 4.78 is 0.841. The SMILES string of the molecule is ClCC(Cc1ccccc1)Nc1ncncc1Br. The summed E-state index contributed by atoms with van der Waals surface area (Å²) >= 11 is 9.41. The normalized spacial score (nSPS) is 12.1. The van der Waals surface area contributed by atoms with Crippen LogP contribution in [0.25, 0.3) is 0 Å². The average molecular weight is 327 g/mol. The first-order chi connectivity index (χ1) is 8.79. The molecule has 0 aliphatic rings. The molecule has 2 rings (SSSR count). The van der Waals surface area contributed by atoms with Crippen molar-refractivity contribution in [2.75, 3.05) is 11.2 Å². The molecule has 0 radical (unpaired) electrons. The van der Waals surface area contributed by atoms with Crippen LogP contribution in [0.5, 0.6) is 0 Å². The van der Waals surface area contributed by atoms with E-state index in [2.05, 4.69) is 43.3 Å². The molecule has 0 bridgehead atoms. The summed E-state index contributed by atoms with van der Waals surface area (Å²) in [6, 6.07) is 10.4. The first-order valence-corrected chi connectivity index (χ1v) is 6.94. The maximum atomic E-state index is 6.00. The van der Waals surface area contributed by atoms with E-state index in [4.69, 9.17) is 11.6 Å². The van der Waals surface area contributed by atoms with Gasteiger partial charge in [-0.05, 0) is 27.9 Å². The highest BCUT2D eigenvalue weighted by atomic mass is 79.9. The number of halogens is 2. The summed E-state index contributed by atoms with van der Waals surface area (Å²) in [6.45, 7) is 0. The highest BCUT2D eigenvalue weighted by molar-refractivity contribution is 9.10. The molecular formula is C13H13BrClN3. The van der Waals surface area contributed by atoms with Gasteiger partial charge in [0.15, 0.2) is 0 Å². The van der Waals surface area contributed by atoms with Crippen molar-refractivity contribution < 1.29 is 0 Å². The molecule has 0 amide bonds. The van der Waals surface area contributed by atoms with Crippen molar-refractivity contribution in [3.8, 4) is 0 Å². The molecule has 3 nitrogen and oxygen atoms in total. The first kappa shape index (κ1) is 13.3. The minimum atomic E-state index is 0.139. The second kappa shape index (κ2) is 6.71. The van der Waals surface area contributed by atoms with Crippen molar-refractivity contribution in [1.29, 1.82) is 0 Å². The van der Waals surface area contributed by atoms with E-state index in [0.717, 1.165) is 16.7 Å². The van der Waals surface area contributed by atoms with Gasteiger partial charge in [-0.2, -0.15) is 0 Å². The molecule has 5 heteroatoms. The van der Waals surface area contributed by atoms with E-state index in [1.807, 2.05) is 18.2 Å². The van der Waals surface area contributed by atoms with Crippen molar-refractivity contribution in [1.82, 2.24) is 9.97 Å². The fourth-order valence-corrected chi connectivity index (χ4v) is 2.18. The van der Waals surface area contributed by atoms with E-state index in [0.29, 0.717) is 5.88 Å². The fraction of sp³-hybridized carbons (Fsp3) is 0.231. The van der Waals surface area contributed by atoms with E-state index < -0.39 is 0 Å². The van der Waals surface area contributed by atoms with E-state index in [1.54, 1.807) is 6.20 Å². The molecule has 0 saturated carbocycles. The van der Waals surface area contributed by atoms with Crippen LogP contribution in [0.15, 0.2) is 47.3 Å². The van der Waals surface area contributed by atoms with Gasteiger partial charge < -0.3 is 5.32 Å². The van der Waals surface area contributed by atoms with Crippen molar-refractivity contribution in [3.63, 3.8) is 0 Å². The number of nitrogens with one attached hydrogen (secondary N) is 1. The Hall–Kier alpha value is -1.13. The summed E-state index contributed by atoms with van der Waals surface area (Å²) in [5, 5.41) is 3.32. The molecule has 1 N–H and O–H groups in total. The van der Waals surface area contributed by atoms with Gasteiger partial charge in [-0.15, -0.1) is 11.6 Å². The largest absolute Gasteiger partial charge is 0.365 e. The zero-order valence-electron chi connectivity index (χ0n) is 9.68. The Balaban J connectivity index is 2.04. The van der Waals surface area contributed by atoms with Crippen molar-refractivity contribution in [3.05, 3.63) is 52.9 Å². The van der Waals surface area contributed by atoms with Gasteiger partial charge in [0.05, 0.1) is 4.47 Å². The predicted molar refractivity (Wildman–Crippen MR) is 78.0 cm³/mol. The zero-order valence-corrected chi connectivity index (χ0v) is 12.0. The van der Waals surface area contributed by atoms with Crippen LogP contribution in [-0.4, -0.2) is 21.9 Å². The van der Waals surface area contributed by atoms with Gasteiger partial charge in [0.2, 0.25) is 0 Å². The summed E-state index contributed by atoms with van der Waals surface area (Å²) in [5.41, 5.74) is 1.25. The zero-order chi connectivity index (χ0) is 12.8. The predicted octanol–water partition coefficient (Wildman–Crippen LogP) is 3.50. The molecule has 1 atom stereocenters. The minimum Gasteiger partial charge on any atom is -0.365 e. The number of benzene rings is 1. The van der Waals surface area contributed by atoms with Gasteiger partial charge >= 0.3 is 0 Å². The molecule has 0 spiro atoms.